The number of piperazine rings is 1. The molecular weight excluding hydrogens is 424 g/mol. The number of H-pyrrole nitrogens is 1. The van der Waals surface area contributed by atoms with Crippen molar-refractivity contribution in [2.24, 2.45) is 0 Å². The number of unbranched alkanes of at least 4 members (excludes halogenated alkanes) is 4. The van der Waals surface area contributed by atoms with Crippen LogP contribution in [-0.4, -0.2) is 70.7 Å². The molecule has 2 aromatic heterocycles. The number of likely N-dealkylation sites (N-methyl/N-ethyl adjacent to an activating group) is 1. The quantitative estimate of drug-likeness (QED) is 0.410. The van der Waals surface area contributed by atoms with Crippen LogP contribution in [0.3, 0.4) is 0 Å². The number of aryl methyl sites for hydroxylation is 2. The molecule has 3 aromatic rings. The molecule has 1 saturated heterocycles. The molecule has 2 N–H and O–H groups in total. The van der Waals surface area contributed by atoms with E-state index >= 15 is 0 Å². The van der Waals surface area contributed by atoms with Gasteiger partial charge in [0, 0.05) is 50.2 Å². The molecule has 1 fully saturated rings. The molecule has 1 aromatic carbocycles. The van der Waals surface area contributed by atoms with Crippen molar-refractivity contribution in [3.8, 4) is 0 Å². The predicted octanol–water partition coefficient (Wildman–Crippen LogP) is 4.51. The molecule has 1 amide bonds. The molecular formula is C27H38N6O. The zero-order valence-electron chi connectivity index (χ0n) is 20.6. The fourth-order valence-electron chi connectivity index (χ4n) is 4.55. The lowest BCUT2D eigenvalue weighted by Gasteiger charge is -2.32. The van der Waals surface area contributed by atoms with Crippen LogP contribution in [0.25, 0.3) is 10.9 Å². The van der Waals surface area contributed by atoms with Crippen LogP contribution in [-0.2, 0) is 12.8 Å². The number of hydrogen-bond donors (Lipinski definition) is 2. The minimum atomic E-state index is 0.135. The van der Waals surface area contributed by atoms with Crippen LogP contribution < -0.4 is 5.32 Å². The van der Waals surface area contributed by atoms with E-state index in [2.05, 4.69) is 51.5 Å². The first-order valence-corrected chi connectivity index (χ1v) is 12.8. The van der Waals surface area contributed by atoms with Gasteiger partial charge in [0.2, 0.25) is 0 Å². The highest BCUT2D eigenvalue weighted by atomic mass is 16.2. The number of rotatable bonds is 11. The maximum Gasteiger partial charge on any atom is 0.253 e. The van der Waals surface area contributed by atoms with Gasteiger partial charge in [0.05, 0.1) is 10.9 Å². The van der Waals surface area contributed by atoms with E-state index in [1.807, 2.05) is 29.3 Å². The van der Waals surface area contributed by atoms with Crippen molar-refractivity contribution in [1.82, 2.24) is 25.0 Å². The van der Waals surface area contributed by atoms with Gasteiger partial charge in [-0.3, -0.25) is 9.89 Å². The minimum Gasteiger partial charge on any atom is -0.369 e. The molecule has 182 valence electrons. The second-order valence-electron chi connectivity index (χ2n) is 9.39. The Labute approximate surface area is 202 Å². The monoisotopic (exact) mass is 462 g/mol. The van der Waals surface area contributed by atoms with E-state index in [1.54, 1.807) is 0 Å². The van der Waals surface area contributed by atoms with Gasteiger partial charge >= 0.3 is 0 Å². The van der Waals surface area contributed by atoms with Crippen molar-refractivity contribution < 1.29 is 4.79 Å². The van der Waals surface area contributed by atoms with Crippen molar-refractivity contribution in [1.29, 1.82) is 0 Å². The van der Waals surface area contributed by atoms with Crippen LogP contribution in [0.2, 0.25) is 0 Å². The normalized spacial score (nSPS) is 14.6. The van der Waals surface area contributed by atoms with Crippen LogP contribution >= 0.6 is 0 Å². The highest BCUT2D eigenvalue weighted by Crippen LogP contribution is 2.24. The predicted molar refractivity (Wildman–Crippen MR) is 138 cm³/mol. The van der Waals surface area contributed by atoms with Crippen LogP contribution in [0.4, 0.5) is 5.82 Å². The first kappa shape index (κ1) is 24.2. The van der Waals surface area contributed by atoms with E-state index < -0.39 is 0 Å². The van der Waals surface area contributed by atoms with E-state index in [-0.39, 0.29) is 5.91 Å². The number of benzene rings is 1. The lowest BCUT2D eigenvalue weighted by molar-refractivity contribution is 0.0664. The smallest absolute Gasteiger partial charge is 0.253 e. The molecule has 0 unspecified atom stereocenters. The van der Waals surface area contributed by atoms with E-state index in [0.29, 0.717) is 0 Å². The fourth-order valence-corrected chi connectivity index (χ4v) is 4.55. The number of nitrogens with one attached hydrogen (secondary N) is 2. The van der Waals surface area contributed by atoms with Gasteiger partial charge in [-0.05, 0) is 50.1 Å². The van der Waals surface area contributed by atoms with Crippen molar-refractivity contribution >= 4 is 22.6 Å². The maximum atomic E-state index is 12.8. The molecule has 0 atom stereocenters. The summed E-state index contributed by atoms with van der Waals surface area (Å²) in [6.07, 6.45) is 9.83. The molecule has 0 saturated carbocycles. The first-order chi connectivity index (χ1) is 16.7. The molecule has 0 radical (unpaired) electrons. The van der Waals surface area contributed by atoms with Gasteiger partial charge in [0.25, 0.3) is 5.91 Å². The Morgan fingerprint density at radius 1 is 1.00 bits per heavy atom. The molecule has 3 heterocycles. The summed E-state index contributed by atoms with van der Waals surface area (Å²) in [5, 5.41) is 12.3. The van der Waals surface area contributed by atoms with Crippen LogP contribution in [0.15, 0.2) is 36.5 Å². The number of fused-ring (bicyclic) bond motifs is 1. The van der Waals surface area contributed by atoms with Crippen molar-refractivity contribution in [2.45, 2.75) is 51.9 Å². The Balaban J connectivity index is 1.34. The van der Waals surface area contributed by atoms with Gasteiger partial charge in [-0.15, -0.1) is 0 Å². The third kappa shape index (κ3) is 6.14. The number of aromatic nitrogens is 3. The summed E-state index contributed by atoms with van der Waals surface area (Å²) in [5.74, 6) is 1.06. The zero-order chi connectivity index (χ0) is 23.8. The molecule has 0 bridgehead atoms. The Morgan fingerprint density at radius 2 is 1.76 bits per heavy atom. The molecule has 7 nitrogen and oxygen atoms in total. The van der Waals surface area contributed by atoms with Crippen LogP contribution in [0.5, 0.6) is 0 Å². The summed E-state index contributed by atoms with van der Waals surface area (Å²) >= 11 is 0. The molecule has 34 heavy (non-hydrogen) atoms. The lowest BCUT2D eigenvalue weighted by Crippen LogP contribution is -2.47. The fraction of sp³-hybridized carbons (Fsp3) is 0.519. The van der Waals surface area contributed by atoms with Crippen molar-refractivity contribution in [3.05, 3.63) is 53.3 Å². The first-order valence-electron chi connectivity index (χ1n) is 12.8. The minimum absolute atomic E-state index is 0.135. The van der Waals surface area contributed by atoms with E-state index in [0.717, 1.165) is 80.0 Å². The second kappa shape index (κ2) is 12.0. The highest BCUT2D eigenvalue weighted by Gasteiger charge is 2.20. The van der Waals surface area contributed by atoms with Crippen LogP contribution in [0.1, 0.15) is 60.6 Å². The van der Waals surface area contributed by atoms with Crippen LogP contribution in [0, 0.1) is 0 Å². The Bertz CT molecular complexity index is 1050. The van der Waals surface area contributed by atoms with Gasteiger partial charge in [-0.1, -0.05) is 44.7 Å². The molecule has 4 rings (SSSR count). The number of amides is 1. The van der Waals surface area contributed by atoms with Crippen molar-refractivity contribution in [2.75, 3.05) is 45.1 Å². The largest absolute Gasteiger partial charge is 0.369 e. The van der Waals surface area contributed by atoms with E-state index in [4.69, 9.17) is 0 Å². The lowest BCUT2D eigenvalue weighted by atomic mass is 10.0. The summed E-state index contributed by atoms with van der Waals surface area (Å²) in [6, 6.07) is 10.0. The van der Waals surface area contributed by atoms with Crippen molar-refractivity contribution in [3.63, 3.8) is 0 Å². The second-order valence-corrected chi connectivity index (χ2v) is 9.39. The summed E-state index contributed by atoms with van der Waals surface area (Å²) in [4.78, 5) is 21.6. The number of nitrogens with zero attached hydrogens (tertiary/aromatic N) is 4. The van der Waals surface area contributed by atoms with Gasteiger partial charge in [0.1, 0.15) is 5.82 Å². The number of anilines is 1. The summed E-state index contributed by atoms with van der Waals surface area (Å²) in [7, 11) is 2.10. The number of hydrogen-bond acceptors (Lipinski definition) is 5. The Hall–Kier alpha value is -2.93. The maximum absolute atomic E-state index is 12.8. The average molecular weight is 463 g/mol. The topological polar surface area (TPSA) is 77.1 Å². The molecule has 0 aliphatic carbocycles. The number of carbonyl (C=O) groups is 1. The molecule has 1 aliphatic rings. The Kier molecular flexibility index (Phi) is 8.52. The highest BCUT2D eigenvalue weighted by molar-refractivity contribution is 5.94. The summed E-state index contributed by atoms with van der Waals surface area (Å²) in [6.45, 7) is 6.65. The molecule has 1 aliphatic heterocycles. The number of carbonyl (C=O) groups excluding carboxylic acids is 1. The third-order valence-corrected chi connectivity index (χ3v) is 6.77. The third-order valence-electron chi connectivity index (χ3n) is 6.77. The summed E-state index contributed by atoms with van der Waals surface area (Å²) in [5.41, 5.74) is 4.04. The van der Waals surface area contributed by atoms with Gasteiger partial charge in [-0.25, -0.2) is 4.98 Å². The van der Waals surface area contributed by atoms with Gasteiger partial charge in [0.15, 0.2) is 0 Å². The number of pyridine rings is 1. The van der Waals surface area contributed by atoms with Gasteiger partial charge in [-0.2, -0.15) is 5.10 Å². The Morgan fingerprint density at radius 3 is 2.53 bits per heavy atom. The van der Waals surface area contributed by atoms with E-state index in [1.165, 1.54) is 31.2 Å². The van der Waals surface area contributed by atoms with E-state index in [9.17, 15) is 4.79 Å². The summed E-state index contributed by atoms with van der Waals surface area (Å²) < 4.78 is 0. The average Bonchev–Trinajstić information content (AvgIpc) is 3.29. The molecule has 7 heteroatoms. The standard InChI is InChI=1S/C27H38N6O/c1-3-4-5-6-7-15-28-26-25-23(30-31-24(25)14-16-29-26)13-10-21-8-11-22(12-9-21)27(34)33-19-17-32(2)18-20-33/h8-9,11-12,14,16H,3-7,10,13,15,17-20H2,1-2H3,(H,28,29)(H,30,31). The zero-order valence-corrected chi connectivity index (χ0v) is 20.6. The van der Waals surface area contributed by atoms with Gasteiger partial charge < -0.3 is 15.1 Å². The molecule has 0 spiro atoms. The number of aromatic amines is 1. The SMILES string of the molecule is CCCCCCCNc1nccc2n[nH]c(CCc3ccc(C(=O)N4CCN(C)CC4)cc3)c12.